The Labute approximate surface area is 164 Å². The van der Waals surface area contributed by atoms with Crippen LogP contribution in [0.2, 0.25) is 5.02 Å². The average Bonchev–Trinajstić information content (AvgIpc) is 2.68. The number of piperazine rings is 1. The Morgan fingerprint density at radius 1 is 1.19 bits per heavy atom. The summed E-state index contributed by atoms with van der Waals surface area (Å²) in [5.41, 5.74) is 1.30. The van der Waals surface area contributed by atoms with Crippen LogP contribution in [0.15, 0.2) is 54.6 Å². The largest absolute Gasteiger partial charge is 0.345 e. The second kappa shape index (κ2) is 9.02. The summed E-state index contributed by atoms with van der Waals surface area (Å²) in [6, 6.07) is 16.2. The van der Waals surface area contributed by atoms with Gasteiger partial charge >= 0.3 is 0 Å². The topological polar surface area (TPSA) is 61.4 Å². The Hall–Kier alpha value is -2.37. The Morgan fingerprint density at radius 2 is 1.89 bits per heavy atom. The summed E-state index contributed by atoms with van der Waals surface area (Å²) in [6.07, 6.45) is 0.213. The first kappa shape index (κ1) is 19.4. The molecule has 0 aliphatic carbocycles. The highest BCUT2D eigenvalue weighted by molar-refractivity contribution is 6.33. The molecular formula is C21H24ClN3O2. The molecule has 142 valence electrons. The maximum absolute atomic E-state index is 12.9. The van der Waals surface area contributed by atoms with Gasteiger partial charge in [-0.1, -0.05) is 54.1 Å². The second-order valence-electron chi connectivity index (χ2n) is 6.76. The lowest BCUT2D eigenvalue weighted by molar-refractivity contribution is -0.134. The number of rotatable bonds is 5. The monoisotopic (exact) mass is 385 g/mol. The highest BCUT2D eigenvalue weighted by Gasteiger charge is 2.27. The summed E-state index contributed by atoms with van der Waals surface area (Å²) in [5.74, 6) is -0.243. The van der Waals surface area contributed by atoms with Crippen molar-refractivity contribution in [2.24, 2.45) is 0 Å². The van der Waals surface area contributed by atoms with Crippen LogP contribution in [0.3, 0.4) is 0 Å². The van der Waals surface area contributed by atoms with E-state index in [1.807, 2.05) is 42.2 Å². The Morgan fingerprint density at radius 3 is 2.59 bits per heavy atom. The third kappa shape index (κ3) is 4.87. The molecule has 6 heteroatoms. The molecule has 1 unspecified atom stereocenters. The van der Waals surface area contributed by atoms with Crippen molar-refractivity contribution in [2.75, 3.05) is 19.6 Å². The van der Waals surface area contributed by atoms with Crippen LogP contribution in [0.1, 0.15) is 35.3 Å². The summed E-state index contributed by atoms with van der Waals surface area (Å²) in [5, 5.41) is 6.67. The lowest BCUT2D eigenvalue weighted by atomic mass is 10.0. The highest BCUT2D eigenvalue weighted by Crippen LogP contribution is 2.22. The number of carbonyl (C=O) groups is 2. The molecule has 2 aromatic rings. The number of carbonyl (C=O) groups excluding carboxylic acids is 2. The number of amides is 2. The Balaban J connectivity index is 1.78. The molecule has 1 aliphatic rings. The molecule has 1 saturated heterocycles. The lowest BCUT2D eigenvalue weighted by Gasteiger charge is -2.35. The first-order valence-corrected chi connectivity index (χ1v) is 9.54. The molecule has 5 nitrogen and oxygen atoms in total. The van der Waals surface area contributed by atoms with Gasteiger partial charge in [-0.2, -0.15) is 0 Å². The van der Waals surface area contributed by atoms with Gasteiger partial charge in [0.25, 0.3) is 5.91 Å². The summed E-state index contributed by atoms with van der Waals surface area (Å²) in [6.45, 7) is 4.29. The van der Waals surface area contributed by atoms with Crippen molar-refractivity contribution in [3.05, 3.63) is 70.7 Å². The Bertz CT molecular complexity index is 797. The van der Waals surface area contributed by atoms with Crippen LogP contribution in [0.4, 0.5) is 0 Å². The molecule has 2 amide bonds. The van der Waals surface area contributed by atoms with Crippen LogP contribution < -0.4 is 10.6 Å². The molecule has 2 atom stereocenters. The van der Waals surface area contributed by atoms with Crippen molar-refractivity contribution in [2.45, 2.75) is 25.4 Å². The minimum absolute atomic E-state index is 0.0392. The second-order valence-corrected chi connectivity index (χ2v) is 7.17. The number of nitrogens with zero attached hydrogens (tertiary/aromatic N) is 1. The smallest absolute Gasteiger partial charge is 0.253 e. The molecule has 1 aliphatic heterocycles. The van der Waals surface area contributed by atoms with E-state index in [0.717, 1.165) is 18.7 Å². The van der Waals surface area contributed by atoms with E-state index in [2.05, 4.69) is 10.6 Å². The third-order valence-corrected chi connectivity index (χ3v) is 5.16. The minimum Gasteiger partial charge on any atom is -0.345 e. The molecule has 0 aromatic heterocycles. The van der Waals surface area contributed by atoms with Crippen LogP contribution in [0.25, 0.3) is 0 Å². The van der Waals surface area contributed by atoms with Gasteiger partial charge in [0, 0.05) is 25.7 Å². The van der Waals surface area contributed by atoms with E-state index >= 15 is 0 Å². The first-order valence-electron chi connectivity index (χ1n) is 9.17. The number of nitrogens with one attached hydrogen (secondary N) is 2. The fraction of sp³-hybridized carbons (Fsp3) is 0.333. The maximum Gasteiger partial charge on any atom is 0.253 e. The van der Waals surface area contributed by atoms with Crippen molar-refractivity contribution in [1.29, 1.82) is 0 Å². The zero-order chi connectivity index (χ0) is 19.2. The van der Waals surface area contributed by atoms with E-state index < -0.39 is 6.04 Å². The van der Waals surface area contributed by atoms with Crippen molar-refractivity contribution < 1.29 is 9.59 Å². The predicted molar refractivity (Wildman–Crippen MR) is 107 cm³/mol. The molecule has 1 fully saturated rings. The van der Waals surface area contributed by atoms with E-state index in [1.54, 1.807) is 24.3 Å². The quantitative estimate of drug-likeness (QED) is 0.831. The van der Waals surface area contributed by atoms with Gasteiger partial charge in [-0.3, -0.25) is 9.59 Å². The number of halogens is 1. The van der Waals surface area contributed by atoms with Gasteiger partial charge in [-0.25, -0.2) is 0 Å². The summed E-state index contributed by atoms with van der Waals surface area (Å²) < 4.78 is 0. The van der Waals surface area contributed by atoms with Gasteiger partial charge in [0.05, 0.1) is 23.0 Å². The third-order valence-electron chi connectivity index (χ3n) is 4.83. The van der Waals surface area contributed by atoms with Crippen molar-refractivity contribution in [3.63, 3.8) is 0 Å². The summed E-state index contributed by atoms with van der Waals surface area (Å²) in [7, 11) is 0. The average molecular weight is 386 g/mol. The Kier molecular flexibility index (Phi) is 6.48. The normalized spacial score (nSPS) is 18.0. The highest BCUT2D eigenvalue weighted by atomic mass is 35.5. The zero-order valence-electron chi connectivity index (χ0n) is 15.3. The maximum atomic E-state index is 12.9. The lowest BCUT2D eigenvalue weighted by Crippen LogP contribution is -2.52. The van der Waals surface area contributed by atoms with E-state index in [1.165, 1.54) is 0 Å². The van der Waals surface area contributed by atoms with E-state index in [4.69, 9.17) is 11.6 Å². The van der Waals surface area contributed by atoms with Crippen LogP contribution in [0.5, 0.6) is 0 Å². The molecular weight excluding hydrogens is 362 g/mol. The van der Waals surface area contributed by atoms with Gasteiger partial charge in [0.1, 0.15) is 0 Å². The van der Waals surface area contributed by atoms with E-state index in [9.17, 15) is 9.59 Å². The zero-order valence-corrected chi connectivity index (χ0v) is 16.1. The van der Waals surface area contributed by atoms with E-state index in [-0.39, 0.29) is 24.3 Å². The molecule has 0 spiro atoms. The van der Waals surface area contributed by atoms with Crippen LogP contribution in [-0.4, -0.2) is 42.4 Å². The number of hydrogen-bond acceptors (Lipinski definition) is 3. The van der Waals surface area contributed by atoms with Gasteiger partial charge in [0.15, 0.2) is 0 Å². The minimum atomic E-state index is -0.412. The van der Waals surface area contributed by atoms with Crippen molar-refractivity contribution in [1.82, 2.24) is 15.5 Å². The van der Waals surface area contributed by atoms with Gasteiger partial charge < -0.3 is 15.5 Å². The SMILES string of the molecule is C[C@H]1CNCCN1C(=O)CC(NC(=O)c1ccccc1Cl)c1ccccc1. The van der Waals surface area contributed by atoms with Crippen LogP contribution in [0, 0.1) is 0 Å². The standard InChI is InChI=1S/C21H24ClN3O2/c1-15-14-23-11-12-25(15)20(26)13-19(16-7-3-2-4-8-16)24-21(27)17-9-5-6-10-18(17)22/h2-10,15,19,23H,11-14H2,1H3,(H,24,27)/t15-,19?/m0/s1. The molecule has 0 radical (unpaired) electrons. The molecule has 0 bridgehead atoms. The van der Waals surface area contributed by atoms with Gasteiger partial charge in [0.2, 0.25) is 5.91 Å². The van der Waals surface area contributed by atoms with Crippen molar-refractivity contribution >= 4 is 23.4 Å². The molecule has 27 heavy (non-hydrogen) atoms. The first-order chi connectivity index (χ1) is 13.1. The molecule has 3 rings (SSSR count). The molecule has 2 aromatic carbocycles. The van der Waals surface area contributed by atoms with Gasteiger partial charge in [-0.15, -0.1) is 0 Å². The number of benzene rings is 2. The fourth-order valence-corrected chi connectivity index (χ4v) is 3.54. The summed E-state index contributed by atoms with van der Waals surface area (Å²) >= 11 is 6.15. The molecule has 0 saturated carbocycles. The van der Waals surface area contributed by atoms with Crippen LogP contribution in [-0.2, 0) is 4.79 Å². The number of hydrogen-bond donors (Lipinski definition) is 2. The van der Waals surface area contributed by atoms with Gasteiger partial charge in [-0.05, 0) is 24.6 Å². The molecule has 1 heterocycles. The predicted octanol–water partition coefficient (Wildman–Crippen LogP) is 3.02. The fourth-order valence-electron chi connectivity index (χ4n) is 3.32. The molecule has 2 N–H and O–H groups in total. The van der Waals surface area contributed by atoms with Crippen LogP contribution >= 0.6 is 11.6 Å². The van der Waals surface area contributed by atoms with E-state index in [0.29, 0.717) is 17.1 Å². The van der Waals surface area contributed by atoms with Crippen molar-refractivity contribution in [3.8, 4) is 0 Å². The summed E-state index contributed by atoms with van der Waals surface area (Å²) in [4.78, 5) is 27.5.